The van der Waals surface area contributed by atoms with Gasteiger partial charge in [0.15, 0.2) is 5.75 Å². The molecule has 19 heavy (non-hydrogen) atoms. The van der Waals surface area contributed by atoms with Crippen LogP contribution in [0.4, 0.5) is 0 Å². The minimum Gasteiger partial charge on any atom is -0.493 e. The molecular weight excluding hydrogens is 238 g/mol. The summed E-state index contributed by atoms with van der Waals surface area (Å²) >= 11 is 0. The summed E-state index contributed by atoms with van der Waals surface area (Å²) in [7, 11) is 1.68. The normalized spacial score (nSPS) is 17.4. The van der Waals surface area contributed by atoms with Crippen molar-refractivity contribution in [2.45, 2.75) is 58.0 Å². The van der Waals surface area contributed by atoms with Gasteiger partial charge in [-0.1, -0.05) is 11.6 Å². The molecule has 0 amide bonds. The Hall–Kier alpha value is -1.29. The van der Waals surface area contributed by atoms with Gasteiger partial charge in [-0.3, -0.25) is 4.68 Å². The lowest BCUT2D eigenvalue weighted by Gasteiger charge is -2.20. The van der Waals surface area contributed by atoms with Crippen LogP contribution in [0.5, 0.6) is 5.75 Å². The summed E-state index contributed by atoms with van der Waals surface area (Å²) in [5, 5.41) is 4.39. The lowest BCUT2D eigenvalue weighted by Crippen LogP contribution is -2.19. The summed E-state index contributed by atoms with van der Waals surface area (Å²) in [4.78, 5) is 0. The maximum absolute atomic E-state index is 6.40. The Labute approximate surface area is 115 Å². The van der Waals surface area contributed by atoms with E-state index in [4.69, 9.17) is 10.5 Å². The summed E-state index contributed by atoms with van der Waals surface area (Å²) in [5.41, 5.74) is 8.90. The smallest absolute Gasteiger partial charge is 0.161 e. The van der Waals surface area contributed by atoms with Gasteiger partial charge < -0.3 is 10.5 Å². The molecule has 1 aromatic rings. The van der Waals surface area contributed by atoms with Gasteiger partial charge in [-0.25, -0.2) is 0 Å². The number of methoxy groups -OCH3 is 1. The van der Waals surface area contributed by atoms with Crippen LogP contribution in [-0.4, -0.2) is 16.9 Å². The first kappa shape index (κ1) is 14.1. The van der Waals surface area contributed by atoms with Crippen molar-refractivity contribution in [2.24, 2.45) is 5.73 Å². The SMILES string of the molecule is COc1cnn(C(C)C)c1C(N)CC1=CCCCC1. The van der Waals surface area contributed by atoms with Crippen molar-refractivity contribution in [2.75, 3.05) is 7.11 Å². The monoisotopic (exact) mass is 263 g/mol. The Balaban J connectivity index is 2.19. The number of aromatic nitrogens is 2. The van der Waals surface area contributed by atoms with Crippen molar-refractivity contribution < 1.29 is 4.74 Å². The molecule has 106 valence electrons. The van der Waals surface area contributed by atoms with E-state index >= 15 is 0 Å². The molecule has 0 radical (unpaired) electrons. The first-order valence-electron chi connectivity index (χ1n) is 7.18. The van der Waals surface area contributed by atoms with Crippen LogP contribution in [-0.2, 0) is 0 Å². The third-order valence-corrected chi connectivity index (χ3v) is 3.73. The Morgan fingerprint density at radius 1 is 1.42 bits per heavy atom. The number of allylic oxidation sites excluding steroid dienone is 1. The lowest BCUT2D eigenvalue weighted by atomic mass is 9.93. The Kier molecular flexibility index (Phi) is 4.64. The molecule has 1 unspecified atom stereocenters. The molecule has 1 heterocycles. The summed E-state index contributed by atoms with van der Waals surface area (Å²) in [5.74, 6) is 0.803. The molecule has 1 aromatic heterocycles. The average molecular weight is 263 g/mol. The molecule has 2 rings (SSSR count). The van der Waals surface area contributed by atoms with E-state index in [0.717, 1.165) is 17.9 Å². The molecule has 1 aliphatic carbocycles. The van der Waals surface area contributed by atoms with E-state index in [-0.39, 0.29) is 6.04 Å². The van der Waals surface area contributed by atoms with Gasteiger partial charge in [-0.15, -0.1) is 0 Å². The zero-order valence-corrected chi connectivity index (χ0v) is 12.2. The highest BCUT2D eigenvalue weighted by Crippen LogP contribution is 2.32. The van der Waals surface area contributed by atoms with E-state index in [9.17, 15) is 0 Å². The van der Waals surface area contributed by atoms with Crippen LogP contribution in [0.3, 0.4) is 0 Å². The highest BCUT2D eigenvalue weighted by Gasteiger charge is 2.21. The van der Waals surface area contributed by atoms with Gasteiger partial charge in [0, 0.05) is 6.04 Å². The van der Waals surface area contributed by atoms with Gasteiger partial charge in [0.1, 0.15) is 0 Å². The van der Waals surface area contributed by atoms with Crippen molar-refractivity contribution in [1.29, 1.82) is 0 Å². The summed E-state index contributed by atoms with van der Waals surface area (Å²) in [6.07, 6.45) is 10.0. The van der Waals surface area contributed by atoms with E-state index in [1.165, 1.54) is 31.3 Å². The minimum atomic E-state index is -0.0378. The highest BCUT2D eigenvalue weighted by atomic mass is 16.5. The van der Waals surface area contributed by atoms with Crippen LogP contribution in [0.25, 0.3) is 0 Å². The molecule has 0 bridgehead atoms. The number of ether oxygens (including phenoxy) is 1. The topological polar surface area (TPSA) is 53.1 Å². The van der Waals surface area contributed by atoms with Crippen LogP contribution in [0.1, 0.15) is 63.7 Å². The molecule has 0 aliphatic heterocycles. The third-order valence-electron chi connectivity index (χ3n) is 3.73. The van der Waals surface area contributed by atoms with Crippen molar-refractivity contribution in [3.8, 4) is 5.75 Å². The van der Waals surface area contributed by atoms with Crippen molar-refractivity contribution in [1.82, 2.24) is 9.78 Å². The zero-order chi connectivity index (χ0) is 13.8. The van der Waals surface area contributed by atoms with Gasteiger partial charge in [-0.2, -0.15) is 5.10 Å². The molecule has 0 fully saturated rings. The number of nitrogens with zero attached hydrogens (tertiary/aromatic N) is 2. The van der Waals surface area contributed by atoms with Gasteiger partial charge >= 0.3 is 0 Å². The van der Waals surface area contributed by atoms with Crippen LogP contribution >= 0.6 is 0 Å². The molecule has 0 aromatic carbocycles. The van der Waals surface area contributed by atoms with Crippen molar-refractivity contribution in [3.63, 3.8) is 0 Å². The number of hydrogen-bond donors (Lipinski definition) is 1. The molecule has 4 heteroatoms. The fourth-order valence-corrected chi connectivity index (χ4v) is 2.75. The maximum Gasteiger partial charge on any atom is 0.161 e. The molecule has 0 saturated heterocycles. The second-order valence-corrected chi connectivity index (χ2v) is 5.56. The molecule has 2 N–H and O–H groups in total. The Morgan fingerprint density at radius 3 is 2.79 bits per heavy atom. The van der Waals surface area contributed by atoms with Crippen molar-refractivity contribution >= 4 is 0 Å². The minimum absolute atomic E-state index is 0.0378. The lowest BCUT2D eigenvalue weighted by molar-refractivity contribution is 0.395. The molecule has 0 saturated carbocycles. The zero-order valence-electron chi connectivity index (χ0n) is 12.2. The van der Waals surface area contributed by atoms with E-state index in [1.54, 1.807) is 13.3 Å². The Bertz CT molecular complexity index is 448. The van der Waals surface area contributed by atoms with Gasteiger partial charge in [0.25, 0.3) is 0 Å². The number of hydrogen-bond acceptors (Lipinski definition) is 3. The first-order valence-corrected chi connectivity index (χ1v) is 7.18. The summed E-state index contributed by atoms with van der Waals surface area (Å²) in [6, 6.07) is 0.259. The molecular formula is C15H25N3O. The second-order valence-electron chi connectivity index (χ2n) is 5.56. The van der Waals surface area contributed by atoms with Crippen LogP contribution in [0, 0.1) is 0 Å². The van der Waals surface area contributed by atoms with Crippen LogP contribution in [0.15, 0.2) is 17.8 Å². The van der Waals surface area contributed by atoms with Gasteiger partial charge in [0.05, 0.1) is 25.0 Å². The van der Waals surface area contributed by atoms with E-state index in [2.05, 4.69) is 25.0 Å². The van der Waals surface area contributed by atoms with Gasteiger partial charge in [0.2, 0.25) is 0 Å². The molecule has 0 spiro atoms. The first-order chi connectivity index (χ1) is 9.13. The quantitative estimate of drug-likeness (QED) is 0.829. The molecule has 1 aliphatic rings. The predicted molar refractivity (Wildman–Crippen MR) is 77.3 cm³/mol. The molecule has 4 nitrogen and oxygen atoms in total. The van der Waals surface area contributed by atoms with Crippen molar-refractivity contribution in [3.05, 3.63) is 23.5 Å². The van der Waals surface area contributed by atoms with Gasteiger partial charge in [-0.05, 0) is 46.0 Å². The fraction of sp³-hybridized carbons (Fsp3) is 0.667. The highest BCUT2D eigenvalue weighted by molar-refractivity contribution is 5.30. The molecule has 1 atom stereocenters. The van der Waals surface area contributed by atoms with E-state index in [1.807, 2.05) is 4.68 Å². The van der Waals surface area contributed by atoms with E-state index < -0.39 is 0 Å². The fourth-order valence-electron chi connectivity index (χ4n) is 2.75. The standard InChI is InChI=1S/C15H25N3O/c1-11(2)18-15(14(19-3)10-17-18)13(16)9-12-7-5-4-6-8-12/h7,10-11,13H,4-6,8-9,16H2,1-3H3. The average Bonchev–Trinajstić information content (AvgIpc) is 2.83. The van der Waals surface area contributed by atoms with E-state index in [0.29, 0.717) is 6.04 Å². The summed E-state index contributed by atoms with van der Waals surface area (Å²) in [6.45, 7) is 4.23. The Morgan fingerprint density at radius 2 is 2.21 bits per heavy atom. The maximum atomic E-state index is 6.40. The third kappa shape index (κ3) is 3.18. The number of rotatable bonds is 5. The van der Waals surface area contributed by atoms with Crippen LogP contribution < -0.4 is 10.5 Å². The summed E-state index contributed by atoms with van der Waals surface area (Å²) < 4.78 is 7.38. The second kappa shape index (κ2) is 6.24. The predicted octanol–water partition coefficient (Wildman–Crippen LogP) is 3.36. The largest absolute Gasteiger partial charge is 0.493 e. The number of nitrogens with two attached hydrogens (primary N) is 1. The van der Waals surface area contributed by atoms with Crippen LogP contribution in [0.2, 0.25) is 0 Å².